The van der Waals surface area contributed by atoms with Crippen molar-refractivity contribution in [3.8, 4) is 0 Å². The van der Waals surface area contributed by atoms with Crippen LogP contribution in [0.3, 0.4) is 0 Å². The predicted molar refractivity (Wildman–Crippen MR) is 72.6 cm³/mol. The molecular formula is C11H15N3OS2. The van der Waals surface area contributed by atoms with E-state index < -0.39 is 0 Å². The van der Waals surface area contributed by atoms with Gasteiger partial charge in [-0.05, 0) is 12.7 Å². The van der Waals surface area contributed by atoms with Gasteiger partial charge < -0.3 is 5.32 Å². The fourth-order valence-corrected chi connectivity index (χ4v) is 2.69. The van der Waals surface area contributed by atoms with E-state index in [1.807, 2.05) is 36.0 Å². The molecule has 0 aliphatic carbocycles. The van der Waals surface area contributed by atoms with Crippen LogP contribution in [-0.2, 0) is 4.79 Å². The van der Waals surface area contributed by atoms with E-state index in [0.29, 0.717) is 5.75 Å². The van der Waals surface area contributed by atoms with Gasteiger partial charge in [-0.2, -0.15) is 11.8 Å². The molecule has 1 atom stereocenters. The number of aromatic nitrogens is 2. The maximum Gasteiger partial charge on any atom is 0.230 e. The van der Waals surface area contributed by atoms with E-state index in [9.17, 15) is 4.79 Å². The van der Waals surface area contributed by atoms with Crippen molar-refractivity contribution in [2.24, 2.45) is 0 Å². The van der Waals surface area contributed by atoms with E-state index in [1.165, 1.54) is 0 Å². The first-order chi connectivity index (χ1) is 8.20. The summed E-state index contributed by atoms with van der Waals surface area (Å²) in [5.74, 6) is 1.55. The Morgan fingerprint density at radius 1 is 1.71 bits per heavy atom. The average molecular weight is 269 g/mol. The van der Waals surface area contributed by atoms with Crippen LogP contribution in [0, 0.1) is 0 Å². The van der Waals surface area contributed by atoms with E-state index in [4.69, 9.17) is 0 Å². The summed E-state index contributed by atoms with van der Waals surface area (Å²) in [6.45, 7) is 4.01. The molecule has 0 radical (unpaired) electrons. The van der Waals surface area contributed by atoms with Crippen molar-refractivity contribution in [2.75, 3.05) is 11.5 Å². The number of nitrogens with one attached hydrogen (secondary N) is 1. The van der Waals surface area contributed by atoms with Gasteiger partial charge in [-0.25, -0.2) is 4.98 Å². The quantitative estimate of drug-likeness (QED) is 0.906. The van der Waals surface area contributed by atoms with Gasteiger partial charge in [-0.1, -0.05) is 6.92 Å². The summed E-state index contributed by atoms with van der Waals surface area (Å²) in [6, 6.07) is -0.0351. The van der Waals surface area contributed by atoms with Gasteiger partial charge >= 0.3 is 0 Å². The molecule has 2 aromatic rings. The van der Waals surface area contributed by atoms with Crippen molar-refractivity contribution < 1.29 is 4.79 Å². The molecule has 2 aromatic heterocycles. The van der Waals surface area contributed by atoms with Crippen molar-refractivity contribution in [3.05, 3.63) is 23.5 Å². The highest BCUT2D eigenvalue weighted by atomic mass is 32.2. The first-order valence-electron chi connectivity index (χ1n) is 5.50. The Morgan fingerprint density at radius 2 is 2.53 bits per heavy atom. The zero-order chi connectivity index (χ0) is 12.3. The number of carbonyl (C=O) groups is 1. The van der Waals surface area contributed by atoms with E-state index in [2.05, 4.69) is 10.3 Å². The molecule has 0 saturated carbocycles. The molecule has 2 rings (SSSR count). The molecule has 1 amide bonds. The number of hydrogen-bond donors (Lipinski definition) is 1. The first-order valence-corrected chi connectivity index (χ1v) is 7.53. The third-order valence-corrected chi connectivity index (χ3v) is 4.02. The summed E-state index contributed by atoms with van der Waals surface area (Å²) < 4.78 is 1.98. The topological polar surface area (TPSA) is 46.4 Å². The molecule has 0 aliphatic rings. The number of rotatable bonds is 5. The lowest BCUT2D eigenvalue weighted by atomic mass is 10.2. The highest BCUT2D eigenvalue weighted by Gasteiger charge is 2.13. The maximum absolute atomic E-state index is 11.6. The Kier molecular flexibility index (Phi) is 4.06. The third-order valence-electron chi connectivity index (χ3n) is 2.37. The van der Waals surface area contributed by atoms with Crippen molar-refractivity contribution in [2.45, 2.75) is 19.9 Å². The Bertz CT molecular complexity index is 477. The number of hydrogen-bond acceptors (Lipinski definition) is 4. The summed E-state index contributed by atoms with van der Waals surface area (Å²) in [5, 5.41) is 4.94. The van der Waals surface area contributed by atoms with E-state index in [0.717, 1.165) is 16.4 Å². The van der Waals surface area contributed by atoms with Gasteiger partial charge in [0.1, 0.15) is 0 Å². The van der Waals surface area contributed by atoms with Gasteiger partial charge in [0.05, 0.1) is 17.5 Å². The van der Waals surface area contributed by atoms with E-state index in [1.54, 1.807) is 23.1 Å². The first kappa shape index (κ1) is 12.4. The van der Waals surface area contributed by atoms with Crippen LogP contribution in [0.2, 0.25) is 0 Å². The molecule has 0 spiro atoms. The van der Waals surface area contributed by atoms with E-state index >= 15 is 0 Å². The van der Waals surface area contributed by atoms with Crippen LogP contribution in [0.25, 0.3) is 4.96 Å². The van der Waals surface area contributed by atoms with Gasteiger partial charge in [-0.15, -0.1) is 11.3 Å². The number of nitrogens with zero attached hydrogens (tertiary/aromatic N) is 2. The summed E-state index contributed by atoms with van der Waals surface area (Å²) >= 11 is 3.22. The second-order valence-corrected chi connectivity index (χ2v) is 5.83. The van der Waals surface area contributed by atoms with Crippen LogP contribution in [0.1, 0.15) is 25.6 Å². The van der Waals surface area contributed by atoms with Crippen molar-refractivity contribution in [1.29, 1.82) is 0 Å². The van der Waals surface area contributed by atoms with Crippen molar-refractivity contribution >= 4 is 34.0 Å². The Balaban J connectivity index is 1.97. The maximum atomic E-state index is 11.6. The zero-order valence-corrected chi connectivity index (χ0v) is 11.5. The molecule has 6 heteroatoms. The lowest BCUT2D eigenvalue weighted by Gasteiger charge is -2.10. The summed E-state index contributed by atoms with van der Waals surface area (Å²) in [5.41, 5.74) is 0.909. The van der Waals surface area contributed by atoms with E-state index in [-0.39, 0.29) is 11.9 Å². The molecule has 4 nitrogen and oxygen atoms in total. The van der Waals surface area contributed by atoms with Gasteiger partial charge in [0.15, 0.2) is 4.96 Å². The highest BCUT2D eigenvalue weighted by molar-refractivity contribution is 7.99. The predicted octanol–water partition coefficient (Wildman–Crippen LogP) is 2.33. The SMILES string of the molecule is CCSCC(=O)N[C@H](C)c1cn2ccsc2n1. The van der Waals surface area contributed by atoms with Crippen LogP contribution in [0.15, 0.2) is 17.8 Å². The summed E-state index contributed by atoms with van der Waals surface area (Å²) in [4.78, 5) is 17.0. The standard InChI is InChI=1S/C11H15N3OS2/c1-3-16-7-10(15)12-8(2)9-6-14-4-5-17-11(14)13-9/h4-6,8H,3,7H2,1-2H3,(H,12,15)/t8-/m1/s1. The number of imidazole rings is 1. The molecule has 0 unspecified atom stereocenters. The molecule has 92 valence electrons. The van der Waals surface area contributed by atoms with Crippen LogP contribution in [0.5, 0.6) is 0 Å². The Hall–Kier alpha value is -1.01. The minimum atomic E-state index is -0.0351. The smallest absolute Gasteiger partial charge is 0.230 e. The van der Waals surface area contributed by atoms with Crippen LogP contribution >= 0.6 is 23.1 Å². The van der Waals surface area contributed by atoms with Gasteiger partial charge in [0.25, 0.3) is 0 Å². The summed E-state index contributed by atoms with van der Waals surface area (Å²) in [6.07, 6.45) is 3.93. The van der Waals surface area contributed by atoms with Crippen molar-refractivity contribution in [3.63, 3.8) is 0 Å². The van der Waals surface area contributed by atoms with Gasteiger partial charge in [-0.3, -0.25) is 9.20 Å². The zero-order valence-electron chi connectivity index (χ0n) is 9.84. The Labute approximate surface area is 108 Å². The number of carbonyl (C=O) groups excluding carboxylic acids is 1. The largest absolute Gasteiger partial charge is 0.347 e. The van der Waals surface area contributed by atoms with Crippen molar-refractivity contribution in [1.82, 2.24) is 14.7 Å². The van der Waals surface area contributed by atoms with Crippen LogP contribution in [-0.4, -0.2) is 26.8 Å². The normalized spacial score (nSPS) is 12.8. The monoisotopic (exact) mass is 269 g/mol. The Morgan fingerprint density at radius 3 is 3.24 bits per heavy atom. The molecule has 17 heavy (non-hydrogen) atoms. The lowest BCUT2D eigenvalue weighted by molar-refractivity contribution is -0.119. The molecule has 2 heterocycles. The minimum Gasteiger partial charge on any atom is -0.347 e. The minimum absolute atomic E-state index is 0.0351. The highest BCUT2D eigenvalue weighted by Crippen LogP contribution is 2.16. The number of amides is 1. The summed E-state index contributed by atoms with van der Waals surface area (Å²) in [7, 11) is 0. The second kappa shape index (κ2) is 5.55. The molecule has 0 bridgehead atoms. The lowest BCUT2D eigenvalue weighted by Crippen LogP contribution is -2.28. The van der Waals surface area contributed by atoms with Gasteiger partial charge in [0, 0.05) is 17.8 Å². The second-order valence-electron chi connectivity index (χ2n) is 3.68. The molecule has 0 saturated heterocycles. The third kappa shape index (κ3) is 3.01. The average Bonchev–Trinajstić information content (AvgIpc) is 2.86. The molecule has 0 aromatic carbocycles. The van der Waals surface area contributed by atoms with Gasteiger partial charge in [0.2, 0.25) is 5.91 Å². The molecular weight excluding hydrogens is 254 g/mol. The molecule has 1 N–H and O–H groups in total. The van der Waals surface area contributed by atoms with Crippen LogP contribution < -0.4 is 5.32 Å². The molecule has 0 fully saturated rings. The molecule has 0 aliphatic heterocycles. The number of fused-ring (bicyclic) bond motifs is 1. The fourth-order valence-electron chi connectivity index (χ4n) is 1.51. The fraction of sp³-hybridized carbons (Fsp3) is 0.455. The number of thiazole rings is 1. The van der Waals surface area contributed by atoms with Crippen LogP contribution in [0.4, 0.5) is 0 Å². The number of thioether (sulfide) groups is 1.